The molecule has 0 saturated heterocycles. The Balaban J connectivity index is 0.000000122. The minimum absolute atomic E-state index is 0.716. The standard InChI is InChI=1S/C52H35N3O.C30H21ClN2.C22H15NO/c1-4-15-37(16-5-1)53(42-29-27-36-28-32-51-52(47(36)34-42)46-24-11-13-26-50(46)56-51)40-21-14-22-41(33-40)54(38-17-6-2-7-18-38)43-30-31-45-44-23-10-12-25-48(44)55(49(45)35-43)39-19-8-3-9-20-39;31-22-10-9-15-25(20-22)32(23-11-3-1-4-12-23)26-18-19-28-27-16-7-8-17-29(27)33(30(28)21-26)24-13-5-2-6-14-24;1-2-6-16(7-3-1)23-17-12-10-15-11-13-21-22(19(15)14-17)18-8-4-5-9-20(18)24-21/h1-35H;1-21H;1-14,23H. The van der Waals surface area contributed by atoms with Gasteiger partial charge in [0.25, 0.3) is 0 Å². The molecule has 0 radical (unpaired) electrons. The second kappa shape index (κ2) is 29.3. The monoisotopic (exact) mass is 1470 g/mol. The van der Waals surface area contributed by atoms with Crippen LogP contribution in [0, 0.1) is 0 Å². The third-order valence-electron chi connectivity index (χ3n) is 21.3. The van der Waals surface area contributed by atoms with Crippen LogP contribution in [0.1, 0.15) is 0 Å². The second-order valence-electron chi connectivity index (χ2n) is 28.2. The zero-order valence-corrected chi connectivity index (χ0v) is 62.1. The fourth-order valence-corrected chi connectivity index (χ4v) is 16.5. The number of rotatable bonds is 13. The van der Waals surface area contributed by atoms with Crippen molar-refractivity contribution in [2.75, 3.05) is 20.0 Å². The smallest absolute Gasteiger partial charge is 0.136 e. The lowest BCUT2D eigenvalue weighted by atomic mass is 10.0. The number of halogens is 1. The minimum Gasteiger partial charge on any atom is -0.456 e. The summed E-state index contributed by atoms with van der Waals surface area (Å²) >= 11 is 6.39. The SMILES string of the molecule is Clc1cccc(N(c2ccccc2)c2ccc3c4ccccc4n(-c4ccccc4)c3c2)c1.c1ccc(N(c2cccc(N(c3ccccc3)c3ccc4c5ccccc5n(-c5ccccc5)c4c3)c2)c2ccc3ccc4oc5ccccc5c4c3c2)cc1.c1ccc(Nc2ccc3ccc4oc5ccccc5c4c3c2)cc1. The van der Waals surface area contributed by atoms with Gasteiger partial charge in [0.05, 0.1) is 22.1 Å². The number of benzene rings is 18. The molecular weight excluding hydrogens is 1400 g/mol. The number of nitrogens with zero attached hydrogens (tertiary/aromatic N) is 5. The average molecular weight is 1470 g/mol. The number of fused-ring (bicyclic) bond motifs is 16. The van der Waals surface area contributed by atoms with Crippen LogP contribution in [0.3, 0.4) is 0 Å². The molecular formula is C104H71ClN6O2. The minimum atomic E-state index is 0.716. The van der Waals surface area contributed by atoms with Crippen molar-refractivity contribution in [3.63, 3.8) is 0 Å². The summed E-state index contributed by atoms with van der Waals surface area (Å²) in [5, 5.41) is 18.5. The molecule has 0 bridgehead atoms. The van der Waals surface area contributed by atoms with Crippen molar-refractivity contribution in [1.29, 1.82) is 0 Å². The Morgan fingerprint density at radius 2 is 0.558 bits per heavy atom. The first-order valence-electron chi connectivity index (χ1n) is 38.0. The van der Waals surface area contributed by atoms with Gasteiger partial charge in [-0.05, 0) is 216 Å². The van der Waals surface area contributed by atoms with E-state index < -0.39 is 0 Å². The van der Waals surface area contributed by atoms with Gasteiger partial charge in [-0.3, -0.25) is 0 Å². The van der Waals surface area contributed by atoms with Gasteiger partial charge in [0.1, 0.15) is 22.3 Å². The highest BCUT2D eigenvalue weighted by atomic mass is 35.5. The Kier molecular flexibility index (Phi) is 17.5. The van der Waals surface area contributed by atoms with Gasteiger partial charge in [-0.1, -0.05) is 242 Å². The van der Waals surface area contributed by atoms with Crippen molar-refractivity contribution < 1.29 is 8.83 Å². The fourth-order valence-electron chi connectivity index (χ4n) is 16.3. The first-order valence-corrected chi connectivity index (χ1v) is 38.4. The van der Waals surface area contributed by atoms with E-state index in [1.807, 2.05) is 66.7 Å². The van der Waals surface area contributed by atoms with Crippen molar-refractivity contribution >= 4 is 183 Å². The van der Waals surface area contributed by atoms with Crippen LogP contribution in [0.4, 0.5) is 62.6 Å². The molecule has 536 valence electrons. The summed E-state index contributed by atoms with van der Waals surface area (Å²) in [5.41, 5.74) is 22.4. The predicted molar refractivity (Wildman–Crippen MR) is 476 cm³/mol. The molecule has 4 heterocycles. The lowest BCUT2D eigenvalue weighted by Gasteiger charge is -2.29. The normalized spacial score (nSPS) is 11.4. The van der Waals surface area contributed by atoms with Crippen LogP contribution in [-0.2, 0) is 0 Å². The molecule has 22 rings (SSSR count). The van der Waals surface area contributed by atoms with E-state index in [1.54, 1.807) is 0 Å². The molecule has 0 aliphatic heterocycles. The van der Waals surface area contributed by atoms with E-state index in [1.165, 1.54) is 59.6 Å². The Bertz CT molecular complexity index is 7250. The molecule has 0 saturated carbocycles. The Morgan fingerprint density at radius 3 is 1.04 bits per heavy atom. The van der Waals surface area contributed by atoms with Gasteiger partial charge in [-0.2, -0.15) is 0 Å². The van der Waals surface area contributed by atoms with Crippen molar-refractivity contribution in [1.82, 2.24) is 9.13 Å². The Morgan fingerprint density at radius 1 is 0.212 bits per heavy atom. The summed E-state index contributed by atoms with van der Waals surface area (Å²) in [6, 6.07) is 149. The molecule has 0 amide bonds. The van der Waals surface area contributed by atoms with Crippen LogP contribution in [0.2, 0.25) is 5.02 Å². The molecule has 9 heteroatoms. The highest BCUT2D eigenvalue weighted by Gasteiger charge is 2.23. The number of furan rings is 2. The van der Waals surface area contributed by atoms with E-state index in [0.29, 0.717) is 5.02 Å². The fraction of sp³-hybridized carbons (Fsp3) is 0. The highest BCUT2D eigenvalue weighted by molar-refractivity contribution is 6.31. The molecule has 18 aromatic carbocycles. The van der Waals surface area contributed by atoms with Crippen LogP contribution in [-0.4, -0.2) is 9.13 Å². The van der Waals surface area contributed by atoms with Gasteiger partial charge in [0.15, 0.2) is 0 Å². The summed E-state index contributed by atoms with van der Waals surface area (Å²) < 4.78 is 17.0. The maximum atomic E-state index is 6.39. The largest absolute Gasteiger partial charge is 0.456 e. The molecule has 0 unspecified atom stereocenters. The molecule has 1 N–H and O–H groups in total. The molecule has 0 spiro atoms. The van der Waals surface area contributed by atoms with E-state index in [4.69, 9.17) is 20.4 Å². The summed E-state index contributed by atoms with van der Waals surface area (Å²) in [7, 11) is 0. The summed E-state index contributed by atoms with van der Waals surface area (Å²) in [5.74, 6) is 0. The lowest BCUT2D eigenvalue weighted by Crippen LogP contribution is -2.13. The number of hydrogen-bond donors (Lipinski definition) is 1. The van der Waals surface area contributed by atoms with Crippen molar-refractivity contribution in [3.8, 4) is 11.4 Å². The van der Waals surface area contributed by atoms with E-state index in [2.05, 4.69) is 387 Å². The number of nitrogens with one attached hydrogen (secondary N) is 1. The van der Waals surface area contributed by atoms with Gasteiger partial charge in [-0.15, -0.1) is 0 Å². The Labute approximate surface area is 657 Å². The van der Waals surface area contributed by atoms with Gasteiger partial charge in [0, 0.05) is 122 Å². The molecule has 8 nitrogen and oxygen atoms in total. The number of para-hydroxylation sites is 10. The van der Waals surface area contributed by atoms with Crippen molar-refractivity contribution in [3.05, 3.63) is 430 Å². The van der Waals surface area contributed by atoms with Crippen LogP contribution < -0.4 is 20.0 Å². The number of hydrogen-bond acceptors (Lipinski definition) is 6. The first kappa shape index (κ1) is 67.5. The van der Waals surface area contributed by atoms with Gasteiger partial charge in [0.2, 0.25) is 0 Å². The lowest BCUT2D eigenvalue weighted by molar-refractivity contribution is 0.669. The third kappa shape index (κ3) is 12.7. The highest BCUT2D eigenvalue weighted by Crippen LogP contribution is 2.47. The molecule has 0 aliphatic carbocycles. The zero-order valence-electron chi connectivity index (χ0n) is 61.3. The summed E-state index contributed by atoms with van der Waals surface area (Å²) in [6.45, 7) is 0. The molecule has 0 aliphatic rings. The third-order valence-corrected chi connectivity index (χ3v) is 21.6. The summed E-state index contributed by atoms with van der Waals surface area (Å²) in [6.07, 6.45) is 0. The van der Waals surface area contributed by atoms with Gasteiger partial charge < -0.3 is 38.0 Å². The summed E-state index contributed by atoms with van der Waals surface area (Å²) in [4.78, 5) is 6.96. The van der Waals surface area contributed by atoms with E-state index in [0.717, 1.165) is 123 Å². The van der Waals surface area contributed by atoms with E-state index in [9.17, 15) is 0 Å². The molecule has 4 aromatic heterocycles. The Hall–Kier alpha value is -14.8. The quantitative estimate of drug-likeness (QED) is 0.124. The molecule has 22 aromatic rings. The van der Waals surface area contributed by atoms with E-state index >= 15 is 0 Å². The second-order valence-corrected chi connectivity index (χ2v) is 28.6. The van der Waals surface area contributed by atoms with Crippen LogP contribution >= 0.6 is 11.6 Å². The number of anilines is 11. The van der Waals surface area contributed by atoms with Crippen LogP contribution in [0.5, 0.6) is 0 Å². The molecule has 113 heavy (non-hydrogen) atoms. The van der Waals surface area contributed by atoms with Crippen LogP contribution in [0.15, 0.2) is 433 Å². The van der Waals surface area contributed by atoms with Crippen molar-refractivity contribution in [2.45, 2.75) is 0 Å². The molecule has 0 fully saturated rings. The average Bonchev–Trinajstić information content (AvgIpc) is 1.50. The zero-order chi connectivity index (χ0) is 75.1. The topological polar surface area (TPSA) is 57.9 Å². The van der Waals surface area contributed by atoms with Gasteiger partial charge in [-0.25, -0.2) is 0 Å². The maximum Gasteiger partial charge on any atom is 0.136 e. The van der Waals surface area contributed by atoms with Crippen molar-refractivity contribution in [2.24, 2.45) is 0 Å². The number of aromatic nitrogens is 2. The first-order chi connectivity index (χ1) is 56.0. The van der Waals surface area contributed by atoms with Gasteiger partial charge >= 0.3 is 0 Å². The molecule has 0 atom stereocenters. The van der Waals surface area contributed by atoms with Crippen LogP contribution in [0.25, 0.3) is 120 Å². The predicted octanol–water partition coefficient (Wildman–Crippen LogP) is 30.2. The maximum absolute atomic E-state index is 6.39. The van der Waals surface area contributed by atoms with E-state index in [-0.39, 0.29) is 0 Å².